The molecule has 1 amide bonds. The number of aryl methyl sites for hydroxylation is 1. The smallest absolute Gasteiger partial charge is 0.238 e. The van der Waals surface area contributed by atoms with Crippen LogP contribution >= 0.6 is 11.8 Å². The van der Waals surface area contributed by atoms with E-state index < -0.39 is 0 Å². The summed E-state index contributed by atoms with van der Waals surface area (Å²) in [6, 6.07) is 6.39. The Morgan fingerprint density at radius 2 is 2.00 bits per heavy atom. The molecule has 0 radical (unpaired) electrons. The maximum absolute atomic E-state index is 13.1. The molecule has 1 aromatic heterocycles. The van der Waals surface area contributed by atoms with Crippen LogP contribution in [0.2, 0.25) is 0 Å². The molecule has 0 fully saturated rings. The van der Waals surface area contributed by atoms with E-state index in [-0.39, 0.29) is 22.2 Å². The van der Waals surface area contributed by atoms with Gasteiger partial charge in [-0.1, -0.05) is 12.1 Å². The SMILES string of the molecule is Cc1[nH]nc2c1C(c1ccc(F)cc1)SC(C)C(=O)N2. The van der Waals surface area contributed by atoms with Crippen molar-refractivity contribution < 1.29 is 9.18 Å². The van der Waals surface area contributed by atoms with E-state index in [1.807, 2.05) is 13.8 Å². The van der Waals surface area contributed by atoms with Crippen LogP contribution < -0.4 is 5.32 Å². The van der Waals surface area contributed by atoms with Crippen LogP contribution in [0.1, 0.15) is 29.0 Å². The van der Waals surface area contributed by atoms with Crippen molar-refractivity contribution in [2.45, 2.75) is 24.3 Å². The Hall–Kier alpha value is -1.82. The quantitative estimate of drug-likeness (QED) is 0.849. The first-order valence-electron chi connectivity index (χ1n) is 6.33. The summed E-state index contributed by atoms with van der Waals surface area (Å²) in [5.74, 6) is 0.241. The summed E-state index contributed by atoms with van der Waals surface area (Å²) in [6.07, 6.45) is 0. The second-order valence-corrected chi connectivity index (χ2v) is 6.26. The summed E-state index contributed by atoms with van der Waals surface area (Å²) in [4.78, 5) is 12.0. The second kappa shape index (κ2) is 4.94. The largest absolute Gasteiger partial charge is 0.308 e. The fourth-order valence-corrected chi connectivity index (χ4v) is 3.62. The molecule has 4 nitrogen and oxygen atoms in total. The summed E-state index contributed by atoms with van der Waals surface area (Å²) in [6.45, 7) is 3.78. The van der Waals surface area contributed by atoms with Gasteiger partial charge >= 0.3 is 0 Å². The van der Waals surface area contributed by atoms with Gasteiger partial charge in [-0.25, -0.2) is 4.39 Å². The van der Waals surface area contributed by atoms with Crippen molar-refractivity contribution in [3.63, 3.8) is 0 Å². The van der Waals surface area contributed by atoms with Crippen LogP contribution in [0.4, 0.5) is 10.2 Å². The number of hydrogen-bond acceptors (Lipinski definition) is 3. The number of fused-ring (bicyclic) bond motifs is 1. The summed E-state index contributed by atoms with van der Waals surface area (Å²) in [5.41, 5.74) is 2.83. The van der Waals surface area contributed by atoms with Gasteiger partial charge in [-0.2, -0.15) is 5.10 Å². The van der Waals surface area contributed by atoms with Crippen molar-refractivity contribution in [2.75, 3.05) is 5.32 Å². The first kappa shape index (κ1) is 13.2. The molecule has 1 aliphatic rings. The summed E-state index contributed by atoms with van der Waals surface area (Å²) >= 11 is 1.54. The Kier molecular flexibility index (Phi) is 3.25. The maximum Gasteiger partial charge on any atom is 0.238 e. The zero-order chi connectivity index (χ0) is 14.3. The molecule has 2 unspecified atom stereocenters. The fraction of sp³-hybridized carbons (Fsp3) is 0.286. The van der Waals surface area contributed by atoms with Crippen LogP contribution in [0.3, 0.4) is 0 Å². The molecular weight excluding hydrogens is 277 g/mol. The van der Waals surface area contributed by atoms with E-state index in [4.69, 9.17) is 0 Å². The van der Waals surface area contributed by atoms with Crippen LogP contribution in [-0.2, 0) is 4.79 Å². The third kappa shape index (κ3) is 2.20. The zero-order valence-electron chi connectivity index (χ0n) is 11.1. The minimum absolute atomic E-state index is 0.0432. The van der Waals surface area contributed by atoms with Crippen LogP contribution in [0.5, 0.6) is 0 Å². The van der Waals surface area contributed by atoms with Gasteiger partial charge < -0.3 is 5.32 Å². The predicted octanol–water partition coefficient (Wildman–Crippen LogP) is 3.02. The molecule has 2 atom stereocenters. The number of carbonyl (C=O) groups excluding carboxylic acids is 1. The van der Waals surface area contributed by atoms with Crippen LogP contribution in [0.25, 0.3) is 0 Å². The molecule has 0 spiro atoms. The van der Waals surface area contributed by atoms with E-state index in [1.165, 1.54) is 12.1 Å². The van der Waals surface area contributed by atoms with E-state index in [9.17, 15) is 9.18 Å². The molecule has 0 saturated carbocycles. The highest BCUT2D eigenvalue weighted by atomic mass is 32.2. The third-order valence-electron chi connectivity index (χ3n) is 3.38. The van der Waals surface area contributed by atoms with Gasteiger partial charge in [0.2, 0.25) is 5.91 Å². The van der Waals surface area contributed by atoms with Crippen LogP contribution in [0, 0.1) is 12.7 Å². The lowest BCUT2D eigenvalue weighted by Gasteiger charge is -2.17. The number of halogens is 1. The minimum Gasteiger partial charge on any atom is -0.308 e. The first-order chi connectivity index (χ1) is 9.56. The van der Waals surface area contributed by atoms with Gasteiger partial charge in [0.25, 0.3) is 0 Å². The van der Waals surface area contributed by atoms with Crippen LogP contribution in [-0.4, -0.2) is 21.4 Å². The normalized spacial score (nSPS) is 22.1. The number of rotatable bonds is 1. The second-order valence-electron chi connectivity index (χ2n) is 4.81. The standard InChI is InChI=1S/C14H14FN3OS/c1-7-11-12(9-3-5-10(15)6-4-9)20-8(2)14(19)16-13(11)18-17-7/h3-6,8,12H,1-2H3,(H2,16,17,18,19). The van der Waals surface area contributed by atoms with Crippen molar-refractivity contribution >= 4 is 23.5 Å². The molecule has 2 heterocycles. The molecule has 0 aliphatic carbocycles. The van der Waals surface area contributed by atoms with Crippen molar-refractivity contribution in [3.8, 4) is 0 Å². The van der Waals surface area contributed by atoms with E-state index in [2.05, 4.69) is 15.5 Å². The molecule has 0 bridgehead atoms. The lowest BCUT2D eigenvalue weighted by molar-refractivity contribution is -0.115. The predicted molar refractivity (Wildman–Crippen MR) is 77.3 cm³/mol. The summed E-state index contributed by atoms with van der Waals surface area (Å²) in [5, 5.41) is 9.64. The Labute approximate surface area is 120 Å². The maximum atomic E-state index is 13.1. The number of nitrogens with zero attached hydrogens (tertiary/aromatic N) is 1. The van der Waals surface area contributed by atoms with Crippen molar-refractivity contribution in [1.82, 2.24) is 10.2 Å². The molecule has 104 valence electrons. The number of thioether (sulfide) groups is 1. The van der Waals surface area contributed by atoms with Crippen molar-refractivity contribution in [3.05, 3.63) is 46.9 Å². The molecular formula is C14H14FN3OS. The number of anilines is 1. The fourth-order valence-electron chi connectivity index (χ4n) is 2.29. The molecule has 2 aromatic rings. The van der Waals surface area contributed by atoms with E-state index in [0.717, 1.165) is 16.8 Å². The third-order valence-corrected chi connectivity index (χ3v) is 4.78. The van der Waals surface area contributed by atoms with Gasteiger partial charge in [0.15, 0.2) is 5.82 Å². The topological polar surface area (TPSA) is 57.8 Å². The van der Waals surface area contributed by atoms with E-state index >= 15 is 0 Å². The molecule has 2 N–H and O–H groups in total. The highest BCUT2D eigenvalue weighted by Gasteiger charge is 2.32. The number of nitrogens with one attached hydrogen (secondary N) is 2. The van der Waals surface area contributed by atoms with Gasteiger partial charge in [-0.3, -0.25) is 9.89 Å². The highest BCUT2D eigenvalue weighted by molar-refractivity contribution is 8.01. The van der Waals surface area contributed by atoms with Gasteiger partial charge in [0, 0.05) is 11.3 Å². The number of H-pyrrole nitrogens is 1. The Balaban J connectivity index is 2.10. The summed E-state index contributed by atoms with van der Waals surface area (Å²) in [7, 11) is 0. The Morgan fingerprint density at radius 3 is 2.70 bits per heavy atom. The average Bonchev–Trinajstić information content (AvgIpc) is 2.71. The lowest BCUT2D eigenvalue weighted by Crippen LogP contribution is -2.21. The number of aromatic nitrogens is 2. The number of hydrogen-bond donors (Lipinski definition) is 2. The summed E-state index contributed by atoms with van der Waals surface area (Å²) < 4.78 is 13.1. The molecule has 3 rings (SSSR count). The number of carbonyl (C=O) groups is 1. The lowest BCUT2D eigenvalue weighted by atomic mass is 10.0. The number of amides is 1. The van der Waals surface area contributed by atoms with Gasteiger partial charge in [-0.05, 0) is 31.5 Å². The Bertz CT molecular complexity index is 653. The monoisotopic (exact) mass is 291 g/mol. The molecule has 0 saturated heterocycles. The van der Waals surface area contributed by atoms with Crippen molar-refractivity contribution in [2.24, 2.45) is 0 Å². The minimum atomic E-state index is -0.265. The molecule has 6 heteroatoms. The van der Waals surface area contributed by atoms with Gasteiger partial charge in [-0.15, -0.1) is 11.8 Å². The van der Waals surface area contributed by atoms with E-state index in [0.29, 0.717) is 5.82 Å². The van der Waals surface area contributed by atoms with Crippen molar-refractivity contribution in [1.29, 1.82) is 0 Å². The first-order valence-corrected chi connectivity index (χ1v) is 7.27. The van der Waals surface area contributed by atoms with Gasteiger partial charge in [0.05, 0.1) is 10.5 Å². The molecule has 1 aliphatic heterocycles. The van der Waals surface area contributed by atoms with Gasteiger partial charge in [0.1, 0.15) is 5.82 Å². The molecule has 20 heavy (non-hydrogen) atoms. The number of benzene rings is 1. The zero-order valence-corrected chi connectivity index (χ0v) is 11.9. The average molecular weight is 291 g/mol. The van der Waals surface area contributed by atoms with E-state index in [1.54, 1.807) is 23.9 Å². The number of aromatic amines is 1. The molecule has 1 aromatic carbocycles. The van der Waals surface area contributed by atoms with Crippen LogP contribution in [0.15, 0.2) is 24.3 Å². The highest BCUT2D eigenvalue weighted by Crippen LogP contribution is 2.44. The Morgan fingerprint density at radius 1 is 1.30 bits per heavy atom.